The number of likely N-dealkylation sites (N-methyl/N-ethyl adjacent to an activating group) is 1. The number of nitrogens with one attached hydrogen (secondary N) is 2. The Labute approximate surface area is 202 Å². The van der Waals surface area contributed by atoms with Crippen molar-refractivity contribution in [1.82, 2.24) is 20.2 Å². The molecule has 0 aliphatic carbocycles. The minimum atomic E-state index is 0.376. The van der Waals surface area contributed by atoms with Gasteiger partial charge in [-0.05, 0) is 42.5 Å². The molecule has 2 aromatic carbocycles. The molecular weight excluding hydrogens is 418 g/mol. The fraction of sp³-hybridized carbons (Fsp3) is 0.276. The van der Waals surface area contributed by atoms with Crippen molar-refractivity contribution >= 4 is 11.5 Å². The minimum absolute atomic E-state index is 0.376. The van der Waals surface area contributed by atoms with E-state index in [1.54, 1.807) is 0 Å². The Kier molecular flexibility index (Phi) is 6.01. The molecule has 3 heterocycles. The number of rotatable bonds is 6. The lowest BCUT2D eigenvalue weighted by Crippen LogP contribution is -2.47. The van der Waals surface area contributed by atoms with Crippen LogP contribution >= 0.6 is 0 Å². The van der Waals surface area contributed by atoms with Crippen LogP contribution in [0.2, 0.25) is 0 Å². The summed E-state index contributed by atoms with van der Waals surface area (Å²) in [5, 5.41) is 11.2. The average Bonchev–Trinajstić information content (AvgIpc) is 3.27. The second-order valence-corrected chi connectivity index (χ2v) is 9.32. The van der Waals surface area contributed by atoms with E-state index in [2.05, 4.69) is 89.2 Å². The summed E-state index contributed by atoms with van der Waals surface area (Å²) in [6.45, 7) is 10.7. The molecule has 5 heteroatoms. The summed E-state index contributed by atoms with van der Waals surface area (Å²) in [5.74, 6) is 0.577. The van der Waals surface area contributed by atoms with E-state index in [-0.39, 0.29) is 0 Å². The first kappa shape index (κ1) is 22.1. The first-order valence-electron chi connectivity index (χ1n) is 12.1. The van der Waals surface area contributed by atoms with Gasteiger partial charge in [0.1, 0.15) is 5.84 Å². The summed E-state index contributed by atoms with van der Waals surface area (Å²) < 4.78 is 0. The molecule has 3 aliphatic heterocycles. The van der Waals surface area contributed by atoms with Crippen molar-refractivity contribution in [2.24, 2.45) is 0 Å². The van der Waals surface area contributed by atoms with Crippen LogP contribution < -0.4 is 5.43 Å². The predicted octanol–water partition coefficient (Wildman–Crippen LogP) is 4.78. The normalized spacial score (nSPS) is 18.6. The summed E-state index contributed by atoms with van der Waals surface area (Å²) >= 11 is 0. The van der Waals surface area contributed by atoms with E-state index in [1.807, 2.05) is 18.0 Å². The molecule has 5 rings (SSSR count). The Morgan fingerprint density at radius 2 is 1.74 bits per heavy atom. The number of fused-ring (bicyclic) bond motifs is 1. The largest absolute Gasteiger partial charge is 0.372 e. The molecule has 174 valence electrons. The van der Waals surface area contributed by atoms with Crippen molar-refractivity contribution in [2.45, 2.75) is 25.3 Å². The Hall–Kier alpha value is -3.73. The number of benzene rings is 2. The van der Waals surface area contributed by atoms with E-state index in [4.69, 9.17) is 5.41 Å². The van der Waals surface area contributed by atoms with Gasteiger partial charge in [0.15, 0.2) is 0 Å². The molecule has 0 spiro atoms. The fourth-order valence-electron chi connectivity index (χ4n) is 5.09. The zero-order valence-electron chi connectivity index (χ0n) is 19.9. The molecular formula is C29H33N5. The third-order valence-electron chi connectivity index (χ3n) is 7.14. The third kappa shape index (κ3) is 4.14. The van der Waals surface area contributed by atoms with Gasteiger partial charge in [0.25, 0.3) is 0 Å². The molecule has 0 unspecified atom stereocenters. The van der Waals surface area contributed by atoms with E-state index >= 15 is 0 Å². The lowest BCUT2D eigenvalue weighted by molar-refractivity contribution is 0.141. The van der Waals surface area contributed by atoms with Crippen LogP contribution in [0.4, 0.5) is 0 Å². The summed E-state index contributed by atoms with van der Waals surface area (Å²) in [6, 6.07) is 19.7. The lowest BCUT2D eigenvalue weighted by atomic mass is 9.98. The molecule has 0 saturated carbocycles. The predicted molar refractivity (Wildman–Crippen MR) is 140 cm³/mol. The molecule has 0 radical (unpaired) electrons. The smallest absolute Gasteiger partial charge is 0.132 e. The molecule has 5 nitrogen and oxygen atoms in total. The highest BCUT2D eigenvalue weighted by Crippen LogP contribution is 2.37. The van der Waals surface area contributed by atoms with E-state index in [1.165, 1.54) is 11.1 Å². The second-order valence-electron chi connectivity index (χ2n) is 9.32. The van der Waals surface area contributed by atoms with E-state index in [0.29, 0.717) is 11.9 Å². The standard InChI is InChI=1S/C29H33N5/c1-4-21(2)33-18-14-25(15-19-33)34-26-16-17-32(3)29(30)27(26)28(31-34)24-12-10-23(11-13-24)20-22-8-6-5-7-9-22/h4-13,16,25,30-31H,1-2,14-15,17-20H2,3H3. The zero-order valence-corrected chi connectivity index (χ0v) is 19.9. The average molecular weight is 452 g/mol. The minimum Gasteiger partial charge on any atom is -0.372 e. The maximum absolute atomic E-state index is 8.84. The molecule has 0 amide bonds. The van der Waals surface area contributed by atoms with Crippen molar-refractivity contribution in [3.8, 4) is 0 Å². The maximum Gasteiger partial charge on any atom is 0.132 e. The van der Waals surface area contributed by atoms with Gasteiger partial charge in [-0.15, -0.1) is 0 Å². The Balaban J connectivity index is 1.39. The Morgan fingerprint density at radius 1 is 1.06 bits per heavy atom. The summed E-state index contributed by atoms with van der Waals surface area (Å²) in [5.41, 5.74) is 11.6. The molecule has 1 fully saturated rings. The van der Waals surface area contributed by atoms with Crippen LogP contribution in [-0.2, 0) is 6.42 Å². The Bertz CT molecular complexity index is 1150. The van der Waals surface area contributed by atoms with Gasteiger partial charge in [-0.3, -0.25) is 15.8 Å². The highest BCUT2D eigenvalue weighted by Gasteiger charge is 2.38. The molecule has 2 N–H and O–H groups in total. The molecule has 3 aliphatic rings. The van der Waals surface area contributed by atoms with Gasteiger partial charge in [0, 0.05) is 37.9 Å². The summed E-state index contributed by atoms with van der Waals surface area (Å²) in [7, 11) is 1.99. The van der Waals surface area contributed by atoms with Crippen LogP contribution in [0.1, 0.15) is 29.5 Å². The van der Waals surface area contributed by atoms with Crippen molar-refractivity contribution in [3.63, 3.8) is 0 Å². The molecule has 0 bridgehead atoms. The van der Waals surface area contributed by atoms with Crippen LogP contribution in [0.5, 0.6) is 0 Å². The molecule has 1 saturated heterocycles. The van der Waals surface area contributed by atoms with Crippen LogP contribution in [0, 0.1) is 5.41 Å². The molecule has 2 aromatic rings. The van der Waals surface area contributed by atoms with Gasteiger partial charge in [-0.25, -0.2) is 0 Å². The monoisotopic (exact) mass is 451 g/mol. The van der Waals surface area contributed by atoms with Gasteiger partial charge in [0.2, 0.25) is 0 Å². The number of amidine groups is 1. The lowest BCUT2D eigenvalue weighted by Gasteiger charge is -2.40. The van der Waals surface area contributed by atoms with Crippen molar-refractivity contribution in [2.75, 3.05) is 26.7 Å². The number of nitrogens with zero attached hydrogens (tertiary/aromatic N) is 3. The van der Waals surface area contributed by atoms with Gasteiger partial charge in [0.05, 0.1) is 23.0 Å². The van der Waals surface area contributed by atoms with Crippen LogP contribution in [0.3, 0.4) is 0 Å². The highest BCUT2D eigenvalue weighted by atomic mass is 15.6. The van der Waals surface area contributed by atoms with E-state index < -0.39 is 0 Å². The van der Waals surface area contributed by atoms with Gasteiger partial charge in [-0.2, -0.15) is 0 Å². The SMILES string of the molecule is C=CC(=C)N1CCC(N2NC(c3ccc(Cc4ccccc4)cc3)=C3C(=N)N(C)CC=C32)CC1. The maximum atomic E-state index is 8.84. The topological polar surface area (TPSA) is 45.6 Å². The van der Waals surface area contributed by atoms with Crippen molar-refractivity contribution in [3.05, 3.63) is 114 Å². The number of hydrogen-bond donors (Lipinski definition) is 2. The van der Waals surface area contributed by atoms with Crippen LogP contribution in [0.25, 0.3) is 5.70 Å². The number of likely N-dealkylation sites (tertiary alicyclic amines) is 1. The quantitative estimate of drug-likeness (QED) is 0.621. The summed E-state index contributed by atoms with van der Waals surface area (Å²) in [4.78, 5) is 4.32. The van der Waals surface area contributed by atoms with Crippen LogP contribution in [-0.4, -0.2) is 53.4 Å². The van der Waals surface area contributed by atoms with E-state index in [9.17, 15) is 0 Å². The van der Waals surface area contributed by atoms with Crippen molar-refractivity contribution < 1.29 is 0 Å². The van der Waals surface area contributed by atoms with Crippen LogP contribution in [0.15, 0.2) is 96.9 Å². The molecule has 0 atom stereocenters. The number of allylic oxidation sites excluding steroid dienone is 1. The molecule has 0 aromatic heterocycles. The number of piperidine rings is 1. The van der Waals surface area contributed by atoms with E-state index in [0.717, 1.165) is 67.1 Å². The zero-order chi connectivity index (χ0) is 23.7. The number of hydrogen-bond acceptors (Lipinski definition) is 4. The van der Waals surface area contributed by atoms with Gasteiger partial charge < -0.3 is 9.80 Å². The third-order valence-corrected chi connectivity index (χ3v) is 7.14. The first-order chi connectivity index (χ1) is 16.5. The van der Waals surface area contributed by atoms with Gasteiger partial charge >= 0.3 is 0 Å². The van der Waals surface area contributed by atoms with Gasteiger partial charge in [-0.1, -0.05) is 67.8 Å². The van der Waals surface area contributed by atoms with Crippen molar-refractivity contribution in [1.29, 1.82) is 5.41 Å². The second kappa shape index (κ2) is 9.26. The Morgan fingerprint density at radius 3 is 2.41 bits per heavy atom. The molecule has 34 heavy (non-hydrogen) atoms. The number of hydrazine groups is 1. The first-order valence-corrected chi connectivity index (χ1v) is 12.1. The highest BCUT2D eigenvalue weighted by molar-refractivity contribution is 6.08. The fourth-order valence-corrected chi connectivity index (χ4v) is 5.09. The summed E-state index contributed by atoms with van der Waals surface area (Å²) in [6.07, 6.45) is 7.10.